The summed E-state index contributed by atoms with van der Waals surface area (Å²) in [4.78, 5) is 22.8. The monoisotopic (exact) mass is 232 g/mol. The molecular weight excluding hydrogens is 216 g/mol. The molecule has 2 rings (SSSR count). The summed E-state index contributed by atoms with van der Waals surface area (Å²) in [6, 6.07) is 3.96. The van der Waals surface area contributed by atoms with E-state index in [2.05, 4.69) is 6.07 Å². The van der Waals surface area contributed by atoms with Gasteiger partial charge in [0.1, 0.15) is 0 Å². The number of aryl methyl sites for hydroxylation is 3. The van der Waals surface area contributed by atoms with Crippen LogP contribution in [0.25, 0.3) is 0 Å². The van der Waals surface area contributed by atoms with Gasteiger partial charge in [-0.1, -0.05) is 6.07 Å². The number of carbonyl (C=O) groups excluding carboxylic acids is 1. The molecule has 1 aromatic rings. The molecule has 0 spiro atoms. The number of carboxylic acids is 1. The highest BCUT2D eigenvalue weighted by Crippen LogP contribution is 2.29. The van der Waals surface area contributed by atoms with E-state index in [0.29, 0.717) is 6.42 Å². The topological polar surface area (TPSA) is 54.4 Å². The maximum Gasteiger partial charge on any atom is 0.304 e. The molecule has 1 N–H and O–H groups in total. The van der Waals surface area contributed by atoms with Crippen molar-refractivity contribution >= 4 is 11.8 Å². The van der Waals surface area contributed by atoms with Gasteiger partial charge in [0.25, 0.3) is 0 Å². The fourth-order valence-corrected chi connectivity index (χ4v) is 2.40. The van der Waals surface area contributed by atoms with E-state index < -0.39 is 5.97 Å². The van der Waals surface area contributed by atoms with Crippen molar-refractivity contribution in [3.63, 3.8) is 0 Å². The van der Waals surface area contributed by atoms with Crippen LogP contribution in [-0.4, -0.2) is 16.9 Å². The smallest absolute Gasteiger partial charge is 0.304 e. The molecule has 90 valence electrons. The lowest BCUT2D eigenvalue weighted by Crippen LogP contribution is -2.25. The highest BCUT2D eigenvalue weighted by molar-refractivity contribution is 6.01. The molecule has 0 aliphatic heterocycles. The van der Waals surface area contributed by atoms with E-state index in [1.165, 1.54) is 5.56 Å². The molecule has 1 atom stereocenters. The highest BCUT2D eigenvalue weighted by atomic mass is 16.4. The number of rotatable bonds is 2. The van der Waals surface area contributed by atoms with Gasteiger partial charge in [-0.2, -0.15) is 0 Å². The Labute approximate surface area is 100 Å². The Hall–Kier alpha value is -1.64. The lowest BCUT2D eigenvalue weighted by Gasteiger charge is -2.23. The van der Waals surface area contributed by atoms with Crippen molar-refractivity contribution < 1.29 is 14.7 Å². The van der Waals surface area contributed by atoms with Gasteiger partial charge < -0.3 is 5.11 Å². The van der Waals surface area contributed by atoms with Crippen molar-refractivity contribution in [2.45, 2.75) is 33.1 Å². The van der Waals surface area contributed by atoms with E-state index in [4.69, 9.17) is 5.11 Å². The number of hydrogen-bond acceptors (Lipinski definition) is 2. The van der Waals surface area contributed by atoms with Crippen LogP contribution in [0.2, 0.25) is 0 Å². The van der Waals surface area contributed by atoms with Crippen molar-refractivity contribution in [2.24, 2.45) is 5.92 Å². The van der Waals surface area contributed by atoms with Crippen LogP contribution < -0.4 is 0 Å². The molecule has 0 saturated heterocycles. The molecule has 0 saturated carbocycles. The zero-order valence-corrected chi connectivity index (χ0v) is 10.1. The molecule has 1 unspecified atom stereocenters. The summed E-state index contributed by atoms with van der Waals surface area (Å²) < 4.78 is 0. The van der Waals surface area contributed by atoms with Crippen LogP contribution in [0.5, 0.6) is 0 Å². The van der Waals surface area contributed by atoms with Crippen molar-refractivity contribution in [3.05, 3.63) is 34.4 Å². The average molecular weight is 232 g/mol. The molecule has 0 bridgehead atoms. The first kappa shape index (κ1) is 11.8. The predicted octanol–water partition coefficient (Wildman–Crippen LogP) is 2.52. The molecule has 1 aliphatic carbocycles. The van der Waals surface area contributed by atoms with Crippen LogP contribution in [0.4, 0.5) is 0 Å². The summed E-state index contributed by atoms with van der Waals surface area (Å²) in [5.41, 5.74) is 4.08. The van der Waals surface area contributed by atoms with Crippen LogP contribution >= 0.6 is 0 Å². The molecule has 1 aliphatic rings. The largest absolute Gasteiger partial charge is 0.481 e. The zero-order chi connectivity index (χ0) is 12.6. The summed E-state index contributed by atoms with van der Waals surface area (Å²) >= 11 is 0. The van der Waals surface area contributed by atoms with Crippen molar-refractivity contribution in [3.8, 4) is 0 Å². The minimum Gasteiger partial charge on any atom is -0.481 e. The number of carbonyl (C=O) groups is 2. The standard InChI is InChI=1S/C14H16O3/c1-8-5-10-3-4-11(7-13(15)16)14(17)12(10)6-9(8)2/h5-6,11H,3-4,7H2,1-2H3,(H,15,16). The van der Waals surface area contributed by atoms with Crippen molar-refractivity contribution in [2.75, 3.05) is 0 Å². The SMILES string of the molecule is Cc1cc2c(cc1C)C(=O)C(CC(=O)O)CC2. The molecule has 0 heterocycles. The fourth-order valence-electron chi connectivity index (χ4n) is 2.40. The summed E-state index contributed by atoms with van der Waals surface area (Å²) in [7, 11) is 0. The molecule has 3 nitrogen and oxygen atoms in total. The number of fused-ring (bicyclic) bond motifs is 1. The van der Waals surface area contributed by atoms with Crippen LogP contribution in [0.1, 0.15) is 39.9 Å². The minimum atomic E-state index is -0.893. The van der Waals surface area contributed by atoms with Gasteiger partial charge in [-0.3, -0.25) is 9.59 Å². The normalized spacial score (nSPS) is 18.9. The van der Waals surface area contributed by atoms with E-state index in [0.717, 1.165) is 23.1 Å². The molecule has 0 radical (unpaired) electrons. The highest BCUT2D eigenvalue weighted by Gasteiger charge is 2.29. The van der Waals surface area contributed by atoms with Crippen LogP contribution in [0.3, 0.4) is 0 Å². The second-order valence-electron chi connectivity index (χ2n) is 4.79. The second-order valence-corrected chi connectivity index (χ2v) is 4.79. The molecule has 17 heavy (non-hydrogen) atoms. The Balaban J connectivity index is 2.35. The number of Topliss-reactive ketones (excluding diaryl/α,β-unsaturated/α-hetero) is 1. The van der Waals surface area contributed by atoms with Crippen LogP contribution in [0, 0.1) is 19.8 Å². The lowest BCUT2D eigenvalue weighted by molar-refractivity contribution is -0.137. The van der Waals surface area contributed by atoms with Crippen molar-refractivity contribution in [1.29, 1.82) is 0 Å². The van der Waals surface area contributed by atoms with Crippen LogP contribution in [-0.2, 0) is 11.2 Å². The maximum absolute atomic E-state index is 12.2. The fraction of sp³-hybridized carbons (Fsp3) is 0.429. The Kier molecular flexibility index (Phi) is 3.01. The van der Waals surface area contributed by atoms with Gasteiger partial charge >= 0.3 is 5.97 Å². The molecule has 0 fully saturated rings. The van der Waals surface area contributed by atoms with Crippen LogP contribution in [0.15, 0.2) is 12.1 Å². The summed E-state index contributed by atoms with van der Waals surface area (Å²) in [5.74, 6) is -1.24. The first-order chi connectivity index (χ1) is 7.99. The molecule has 3 heteroatoms. The Morgan fingerprint density at radius 3 is 2.65 bits per heavy atom. The summed E-state index contributed by atoms with van der Waals surface area (Å²) in [5, 5.41) is 8.78. The van der Waals surface area contributed by atoms with E-state index in [9.17, 15) is 9.59 Å². The minimum absolute atomic E-state index is 0.00301. The number of aliphatic carboxylic acids is 1. The van der Waals surface area contributed by atoms with E-state index in [1.54, 1.807) is 0 Å². The third kappa shape index (κ3) is 2.23. The quantitative estimate of drug-likeness (QED) is 0.852. The van der Waals surface area contributed by atoms with Gasteiger partial charge in [0.05, 0.1) is 6.42 Å². The Morgan fingerprint density at radius 1 is 1.35 bits per heavy atom. The zero-order valence-electron chi connectivity index (χ0n) is 10.1. The van der Waals surface area contributed by atoms with Gasteiger partial charge in [0.2, 0.25) is 0 Å². The molecule has 0 amide bonds. The van der Waals surface area contributed by atoms with E-state index in [1.807, 2.05) is 19.9 Å². The summed E-state index contributed by atoms with van der Waals surface area (Å²) in [6.45, 7) is 4.01. The van der Waals surface area contributed by atoms with Gasteiger partial charge in [-0.15, -0.1) is 0 Å². The Morgan fingerprint density at radius 2 is 2.00 bits per heavy atom. The van der Waals surface area contributed by atoms with E-state index >= 15 is 0 Å². The van der Waals surface area contributed by atoms with E-state index in [-0.39, 0.29) is 18.1 Å². The third-order valence-corrected chi connectivity index (χ3v) is 3.54. The van der Waals surface area contributed by atoms with Gasteiger partial charge in [-0.25, -0.2) is 0 Å². The Bertz CT molecular complexity index is 488. The number of benzene rings is 1. The third-order valence-electron chi connectivity index (χ3n) is 3.54. The molecular formula is C14H16O3. The maximum atomic E-state index is 12.2. The van der Waals surface area contributed by atoms with Gasteiger partial charge in [-0.05, 0) is 49.4 Å². The molecule has 0 aromatic heterocycles. The predicted molar refractivity (Wildman–Crippen MR) is 64.3 cm³/mol. The summed E-state index contributed by atoms with van der Waals surface area (Å²) in [6.07, 6.45) is 1.41. The average Bonchev–Trinajstić information content (AvgIpc) is 2.25. The van der Waals surface area contributed by atoms with Gasteiger partial charge in [0.15, 0.2) is 5.78 Å². The molecule has 1 aromatic carbocycles. The second kappa shape index (κ2) is 4.32. The first-order valence-electron chi connectivity index (χ1n) is 5.85. The number of carboxylic acid groups (broad SMARTS) is 1. The number of ketones is 1. The van der Waals surface area contributed by atoms with Crippen molar-refractivity contribution in [1.82, 2.24) is 0 Å². The lowest BCUT2D eigenvalue weighted by atomic mass is 9.80. The first-order valence-corrected chi connectivity index (χ1v) is 5.85. The van der Waals surface area contributed by atoms with Gasteiger partial charge in [0, 0.05) is 11.5 Å². The number of hydrogen-bond donors (Lipinski definition) is 1.